The molecule has 0 fully saturated rings. The van der Waals surface area contributed by atoms with E-state index < -0.39 is 5.97 Å². The molecule has 0 aromatic heterocycles. The number of carbonyl (C=O) groups is 1. The molecule has 21 heavy (non-hydrogen) atoms. The molecule has 0 aliphatic heterocycles. The van der Waals surface area contributed by atoms with Crippen LogP contribution in [-0.2, 0) is 9.53 Å². The van der Waals surface area contributed by atoms with Crippen molar-refractivity contribution >= 4 is 12.0 Å². The van der Waals surface area contributed by atoms with Crippen molar-refractivity contribution in [2.24, 2.45) is 5.92 Å². The summed E-state index contributed by atoms with van der Waals surface area (Å²) in [6.45, 7) is 4.14. The van der Waals surface area contributed by atoms with Crippen molar-refractivity contribution in [1.29, 1.82) is 5.26 Å². The van der Waals surface area contributed by atoms with Gasteiger partial charge in [0.05, 0.1) is 20.8 Å². The van der Waals surface area contributed by atoms with Gasteiger partial charge < -0.3 is 14.2 Å². The minimum Gasteiger partial charge on any atom is -0.493 e. The lowest BCUT2D eigenvalue weighted by molar-refractivity contribution is -0.139. The Labute approximate surface area is 124 Å². The second kappa shape index (κ2) is 7.95. The maximum absolute atomic E-state index is 11.8. The molecule has 5 heteroatoms. The summed E-state index contributed by atoms with van der Waals surface area (Å²) in [5.74, 6) is 0.700. The molecule has 0 N–H and O–H groups in total. The highest BCUT2D eigenvalue weighted by atomic mass is 16.5. The second-order valence-corrected chi connectivity index (χ2v) is 4.78. The number of nitriles is 1. The van der Waals surface area contributed by atoms with Gasteiger partial charge in [-0.1, -0.05) is 19.9 Å². The summed E-state index contributed by atoms with van der Waals surface area (Å²) in [5, 5.41) is 9.08. The van der Waals surface area contributed by atoms with Gasteiger partial charge in [-0.2, -0.15) is 5.26 Å². The molecule has 1 aromatic rings. The molecule has 0 amide bonds. The molecule has 0 saturated heterocycles. The van der Waals surface area contributed by atoms with E-state index in [-0.39, 0.29) is 18.1 Å². The summed E-state index contributed by atoms with van der Waals surface area (Å²) in [4.78, 5) is 11.8. The van der Waals surface area contributed by atoms with Crippen molar-refractivity contribution in [1.82, 2.24) is 0 Å². The summed E-state index contributed by atoms with van der Waals surface area (Å²) in [6.07, 6.45) is 1.46. The van der Waals surface area contributed by atoms with Gasteiger partial charge in [-0.3, -0.25) is 0 Å². The monoisotopic (exact) mass is 289 g/mol. The minimum absolute atomic E-state index is 0.0529. The Morgan fingerprint density at radius 2 is 1.95 bits per heavy atom. The summed E-state index contributed by atoms with van der Waals surface area (Å²) in [5.41, 5.74) is 0.605. The number of ether oxygens (including phenoxy) is 3. The van der Waals surface area contributed by atoms with E-state index in [0.717, 1.165) is 0 Å². The normalized spacial score (nSPS) is 11.0. The number of nitrogens with zero attached hydrogens (tertiary/aromatic N) is 1. The molecule has 112 valence electrons. The maximum Gasteiger partial charge on any atom is 0.348 e. The van der Waals surface area contributed by atoms with Crippen molar-refractivity contribution in [2.75, 3.05) is 20.8 Å². The number of methoxy groups -OCH3 is 2. The lowest BCUT2D eigenvalue weighted by atomic mass is 10.1. The van der Waals surface area contributed by atoms with Crippen LogP contribution in [0.2, 0.25) is 0 Å². The topological polar surface area (TPSA) is 68.5 Å². The lowest BCUT2D eigenvalue weighted by Gasteiger charge is -2.08. The van der Waals surface area contributed by atoms with Gasteiger partial charge in [0.25, 0.3) is 0 Å². The van der Waals surface area contributed by atoms with Crippen LogP contribution in [0.25, 0.3) is 6.08 Å². The zero-order valence-corrected chi connectivity index (χ0v) is 12.7. The van der Waals surface area contributed by atoms with Gasteiger partial charge in [-0.05, 0) is 29.7 Å². The number of benzene rings is 1. The minimum atomic E-state index is -0.624. The third-order valence-electron chi connectivity index (χ3n) is 2.61. The molecule has 1 rings (SSSR count). The number of carbonyl (C=O) groups excluding carboxylic acids is 1. The van der Waals surface area contributed by atoms with Gasteiger partial charge in [0.1, 0.15) is 11.6 Å². The largest absolute Gasteiger partial charge is 0.493 e. The van der Waals surface area contributed by atoms with Crippen molar-refractivity contribution in [2.45, 2.75) is 13.8 Å². The smallest absolute Gasteiger partial charge is 0.348 e. The Morgan fingerprint density at radius 3 is 2.48 bits per heavy atom. The molecule has 1 aromatic carbocycles. The van der Waals surface area contributed by atoms with E-state index in [1.165, 1.54) is 20.3 Å². The molecular formula is C16H19NO4. The molecule has 0 radical (unpaired) electrons. The van der Waals surface area contributed by atoms with Gasteiger partial charge in [0, 0.05) is 0 Å². The highest BCUT2D eigenvalue weighted by Crippen LogP contribution is 2.28. The highest BCUT2D eigenvalue weighted by Gasteiger charge is 2.12. The van der Waals surface area contributed by atoms with Crippen LogP contribution in [0.5, 0.6) is 11.5 Å². The average molecular weight is 289 g/mol. The average Bonchev–Trinajstić information content (AvgIpc) is 2.49. The van der Waals surface area contributed by atoms with Crippen LogP contribution in [0.3, 0.4) is 0 Å². The van der Waals surface area contributed by atoms with Crippen LogP contribution in [0.15, 0.2) is 23.8 Å². The molecule has 0 spiro atoms. The lowest BCUT2D eigenvalue weighted by Crippen LogP contribution is -2.11. The van der Waals surface area contributed by atoms with E-state index in [9.17, 15) is 4.79 Å². The summed E-state index contributed by atoms with van der Waals surface area (Å²) >= 11 is 0. The number of rotatable bonds is 6. The van der Waals surface area contributed by atoms with E-state index in [0.29, 0.717) is 17.1 Å². The molecule has 5 nitrogen and oxygen atoms in total. The number of hydrogen-bond acceptors (Lipinski definition) is 5. The molecular weight excluding hydrogens is 270 g/mol. The zero-order valence-electron chi connectivity index (χ0n) is 12.7. The predicted octanol–water partition coefficient (Wildman–Crippen LogP) is 2.81. The molecule has 0 saturated carbocycles. The fraction of sp³-hybridized carbons (Fsp3) is 0.375. The summed E-state index contributed by atoms with van der Waals surface area (Å²) in [6, 6.07) is 6.98. The molecule has 0 heterocycles. The molecule has 0 aliphatic rings. The molecule has 0 unspecified atom stereocenters. The Kier molecular flexibility index (Phi) is 6.28. The van der Waals surface area contributed by atoms with E-state index in [2.05, 4.69) is 0 Å². The Balaban J connectivity index is 2.98. The first-order valence-corrected chi connectivity index (χ1v) is 6.52. The van der Waals surface area contributed by atoms with E-state index in [1.54, 1.807) is 18.2 Å². The first-order chi connectivity index (χ1) is 10.0. The Hall–Kier alpha value is -2.48. The van der Waals surface area contributed by atoms with Crippen LogP contribution < -0.4 is 9.47 Å². The Morgan fingerprint density at radius 1 is 1.29 bits per heavy atom. The SMILES string of the molecule is COc1ccc(/C=C(/C#N)C(=O)OCC(C)C)cc1OC. The summed E-state index contributed by atoms with van der Waals surface area (Å²) in [7, 11) is 3.06. The standard InChI is InChI=1S/C16H19NO4/c1-11(2)10-21-16(18)13(9-17)7-12-5-6-14(19-3)15(8-12)20-4/h5-8,11H,10H2,1-4H3/b13-7-. The quantitative estimate of drug-likeness (QED) is 0.457. The number of hydrogen-bond donors (Lipinski definition) is 0. The third-order valence-corrected chi connectivity index (χ3v) is 2.61. The van der Waals surface area contributed by atoms with Crippen molar-refractivity contribution in [3.05, 3.63) is 29.3 Å². The van der Waals surface area contributed by atoms with E-state index >= 15 is 0 Å². The van der Waals surface area contributed by atoms with Crippen LogP contribution in [-0.4, -0.2) is 26.8 Å². The van der Waals surface area contributed by atoms with Gasteiger partial charge in [0.15, 0.2) is 11.5 Å². The third kappa shape index (κ3) is 4.84. The van der Waals surface area contributed by atoms with E-state index in [1.807, 2.05) is 19.9 Å². The van der Waals surface area contributed by atoms with Crippen molar-refractivity contribution < 1.29 is 19.0 Å². The highest BCUT2D eigenvalue weighted by molar-refractivity contribution is 5.97. The van der Waals surface area contributed by atoms with Crippen LogP contribution >= 0.6 is 0 Å². The van der Waals surface area contributed by atoms with Gasteiger partial charge in [-0.25, -0.2) is 4.79 Å². The molecule has 0 atom stereocenters. The van der Waals surface area contributed by atoms with Crippen LogP contribution in [0.4, 0.5) is 0 Å². The predicted molar refractivity (Wildman–Crippen MR) is 78.9 cm³/mol. The van der Waals surface area contributed by atoms with Crippen LogP contribution in [0.1, 0.15) is 19.4 Å². The maximum atomic E-state index is 11.8. The van der Waals surface area contributed by atoms with Gasteiger partial charge >= 0.3 is 5.97 Å². The first kappa shape index (κ1) is 16.6. The Bertz CT molecular complexity index is 570. The first-order valence-electron chi connectivity index (χ1n) is 6.52. The van der Waals surface area contributed by atoms with Crippen molar-refractivity contribution in [3.8, 4) is 17.6 Å². The fourth-order valence-electron chi connectivity index (χ4n) is 1.57. The summed E-state index contributed by atoms with van der Waals surface area (Å²) < 4.78 is 15.4. The van der Waals surface area contributed by atoms with Gasteiger partial charge in [-0.15, -0.1) is 0 Å². The zero-order chi connectivity index (χ0) is 15.8. The van der Waals surface area contributed by atoms with Crippen LogP contribution in [0, 0.1) is 17.2 Å². The van der Waals surface area contributed by atoms with Gasteiger partial charge in [0.2, 0.25) is 0 Å². The number of esters is 1. The molecule has 0 bridgehead atoms. The van der Waals surface area contributed by atoms with Crippen molar-refractivity contribution in [3.63, 3.8) is 0 Å². The fourth-order valence-corrected chi connectivity index (χ4v) is 1.57. The molecule has 0 aliphatic carbocycles. The second-order valence-electron chi connectivity index (χ2n) is 4.78. The van der Waals surface area contributed by atoms with E-state index in [4.69, 9.17) is 19.5 Å².